The first kappa shape index (κ1) is 14.3. The molecule has 1 atom stereocenters. The Kier molecular flexibility index (Phi) is 3.38. The van der Waals surface area contributed by atoms with Crippen LogP contribution in [0.1, 0.15) is 23.7 Å². The summed E-state index contributed by atoms with van der Waals surface area (Å²) in [6, 6.07) is 13.3. The lowest BCUT2D eigenvalue weighted by Crippen LogP contribution is -2.32. The molecule has 2 N–H and O–H groups in total. The molecule has 0 radical (unpaired) electrons. The van der Waals surface area contributed by atoms with E-state index < -0.39 is 0 Å². The van der Waals surface area contributed by atoms with Gasteiger partial charge in [-0.2, -0.15) is 0 Å². The molecule has 23 heavy (non-hydrogen) atoms. The van der Waals surface area contributed by atoms with Gasteiger partial charge < -0.3 is 15.0 Å². The Morgan fingerprint density at radius 2 is 1.87 bits per heavy atom. The third kappa shape index (κ3) is 2.32. The van der Waals surface area contributed by atoms with Crippen LogP contribution in [-0.4, -0.2) is 18.1 Å². The third-order valence-corrected chi connectivity index (χ3v) is 4.89. The molecule has 0 saturated carbocycles. The molecule has 118 valence electrons. The molecule has 0 aliphatic carbocycles. The molecule has 0 fully saturated rings. The van der Waals surface area contributed by atoms with Gasteiger partial charge in [0.1, 0.15) is 5.75 Å². The summed E-state index contributed by atoms with van der Waals surface area (Å²) >= 11 is 0. The fourth-order valence-corrected chi connectivity index (χ4v) is 3.59. The Hall–Kier alpha value is -2.26. The van der Waals surface area contributed by atoms with Crippen LogP contribution in [-0.2, 0) is 13.0 Å². The van der Waals surface area contributed by atoms with Gasteiger partial charge in [-0.15, -0.1) is 0 Å². The Labute approximate surface area is 136 Å². The van der Waals surface area contributed by atoms with Crippen LogP contribution in [0.25, 0.3) is 22.0 Å². The second-order valence-electron chi connectivity index (χ2n) is 6.48. The van der Waals surface area contributed by atoms with Crippen molar-refractivity contribution in [1.82, 2.24) is 10.3 Å². The van der Waals surface area contributed by atoms with E-state index in [1.165, 1.54) is 38.9 Å². The molecule has 1 unspecified atom stereocenters. The summed E-state index contributed by atoms with van der Waals surface area (Å²) < 4.78 is 5.28. The number of H-pyrrole nitrogens is 1. The largest absolute Gasteiger partial charge is 0.497 e. The topological polar surface area (TPSA) is 37.0 Å². The standard InChI is InChI=1S/C20H22N2O/c1-12-4-9-16(14-5-7-15(23-3)8-6-14)19-17-11-21-13(2)10-18(17)22-20(12)19/h4-9,13,21-22H,10-11H2,1-3H3. The van der Waals surface area contributed by atoms with E-state index in [1.54, 1.807) is 7.11 Å². The van der Waals surface area contributed by atoms with Gasteiger partial charge in [0.15, 0.2) is 0 Å². The molecule has 0 spiro atoms. The number of aromatic nitrogens is 1. The van der Waals surface area contributed by atoms with E-state index in [4.69, 9.17) is 4.74 Å². The molecule has 2 heterocycles. The highest BCUT2D eigenvalue weighted by Crippen LogP contribution is 2.36. The average molecular weight is 306 g/mol. The van der Waals surface area contributed by atoms with Crippen LogP contribution in [0.5, 0.6) is 5.75 Å². The first-order valence-corrected chi connectivity index (χ1v) is 8.18. The van der Waals surface area contributed by atoms with Crippen LogP contribution in [0.3, 0.4) is 0 Å². The molecular weight excluding hydrogens is 284 g/mol. The maximum atomic E-state index is 5.28. The van der Waals surface area contributed by atoms with E-state index in [1.807, 2.05) is 12.1 Å². The normalized spacial score (nSPS) is 17.3. The first-order chi connectivity index (χ1) is 11.2. The highest BCUT2D eigenvalue weighted by molar-refractivity contribution is 6.00. The van der Waals surface area contributed by atoms with Gasteiger partial charge in [0.25, 0.3) is 0 Å². The Morgan fingerprint density at radius 3 is 2.61 bits per heavy atom. The molecule has 4 rings (SSSR count). The number of aryl methyl sites for hydroxylation is 1. The molecule has 2 aromatic carbocycles. The van der Waals surface area contributed by atoms with Crippen molar-refractivity contribution in [2.45, 2.75) is 32.9 Å². The highest BCUT2D eigenvalue weighted by Gasteiger charge is 2.22. The predicted octanol–water partition coefficient (Wildman–Crippen LogP) is 4.19. The summed E-state index contributed by atoms with van der Waals surface area (Å²) in [6.07, 6.45) is 1.06. The monoisotopic (exact) mass is 306 g/mol. The molecule has 1 aliphatic heterocycles. The van der Waals surface area contributed by atoms with Crippen LogP contribution in [0, 0.1) is 6.92 Å². The zero-order valence-electron chi connectivity index (χ0n) is 13.9. The van der Waals surface area contributed by atoms with Gasteiger partial charge in [-0.25, -0.2) is 0 Å². The Balaban J connectivity index is 1.94. The van der Waals surface area contributed by atoms with E-state index in [9.17, 15) is 0 Å². The lowest BCUT2D eigenvalue weighted by Gasteiger charge is -2.20. The van der Waals surface area contributed by atoms with E-state index in [0.29, 0.717) is 6.04 Å². The van der Waals surface area contributed by atoms with Gasteiger partial charge in [0.2, 0.25) is 0 Å². The van der Waals surface area contributed by atoms with Gasteiger partial charge in [-0.3, -0.25) is 0 Å². The number of rotatable bonds is 2. The number of hydrogen-bond acceptors (Lipinski definition) is 2. The predicted molar refractivity (Wildman–Crippen MR) is 95.0 cm³/mol. The number of aromatic amines is 1. The molecule has 1 aliphatic rings. The van der Waals surface area contributed by atoms with Crippen LogP contribution in [0.15, 0.2) is 36.4 Å². The van der Waals surface area contributed by atoms with E-state index in [-0.39, 0.29) is 0 Å². The molecular formula is C20H22N2O. The minimum Gasteiger partial charge on any atom is -0.497 e. The smallest absolute Gasteiger partial charge is 0.118 e. The van der Waals surface area contributed by atoms with E-state index >= 15 is 0 Å². The van der Waals surface area contributed by atoms with Crippen molar-refractivity contribution in [1.29, 1.82) is 0 Å². The van der Waals surface area contributed by atoms with Crippen molar-refractivity contribution in [2.24, 2.45) is 0 Å². The minimum atomic E-state index is 0.528. The van der Waals surface area contributed by atoms with Crippen LogP contribution >= 0.6 is 0 Å². The maximum absolute atomic E-state index is 5.28. The average Bonchev–Trinajstić information content (AvgIpc) is 2.95. The molecule has 0 saturated heterocycles. The number of nitrogens with one attached hydrogen (secondary N) is 2. The van der Waals surface area contributed by atoms with Crippen molar-refractivity contribution in [3.63, 3.8) is 0 Å². The summed E-state index contributed by atoms with van der Waals surface area (Å²) in [5, 5.41) is 4.96. The van der Waals surface area contributed by atoms with Gasteiger partial charge in [-0.05, 0) is 48.2 Å². The number of ether oxygens (including phenoxy) is 1. The Bertz CT molecular complexity index is 861. The summed E-state index contributed by atoms with van der Waals surface area (Å²) in [7, 11) is 1.70. The summed E-state index contributed by atoms with van der Waals surface area (Å²) in [5.74, 6) is 0.892. The van der Waals surface area contributed by atoms with Gasteiger partial charge in [0, 0.05) is 35.6 Å². The summed E-state index contributed by atoms with van der Waals surface area (Å²) in [6.45, 7) is 5.35. The van der Waals surface area contributed by atoms with Gasteiger partial charge in [0.05, 0.1) is 7.11 Å². The van der Waals surface area contributed by atoms with E-state index in [0.717, 1.165) is 18.7 Å². The highest BCUT2D eigenvalue weighted by atomic mass is 16.5. The van der Waals surface area contributed by atoms with Crippen LogP contribution in [0.2, 0.25) is 0 Å². The van der Waals surface area contributed by atoms with Crippen molar-refractivity contribution in [2.75, 3.05) is 7.11 Å². The van der Waals surface area contributed by atoms with Crippen molar-refractivity contribution >= 4 is 10.9 Å². The van der Waals surface area contributed by atoms with Crippen molar-refractivity contribution < 1.29 is 4.74 Å². The second kappa shape index (κ2) is 5.43. The Morgan fingerprint density at radius 1 is 1.09 bits per heavy atom. The first-order valence-electron chi connectivity index (χ1n) is 8.18. The van der Waals surface area contributed by atoms with Crippen LogP contribution in [0.4, 0.5) is 0 Å². The lowest BCUT2D eigenvalue weighted by atomic mass is 9.94. The van der Waals surface area contributed by atoms with E-state index in [2.05, 4.69) is 48.4 Å². The lowest BCUT2D eigenvalue weighted by molar-refractivity contribution is 0.415. The quantitative estimate of drug-likeness (QED) is 0.745. The molecule has 3 nitrogen and oxygen atoms in total. The summed E-state index contributed by atoms with van der Waals surface area (Å²) in [4.78, 5) is 3.68. The number of hydrogen-bond donors (Lipinski definition) is 2. The molecule has 1 aromatic heterocycles. The van der Waals surface area contributed by atoms with Crippen LogP contribution < -0.4 is 10.1 Å². The fourth-order valence-electron chi connectivity index (χ4n) is 3.59. The molecule has 0 amide bonds. The van der Waals surface area contributed by atoms with Crippen molar-refractivity contribution in [3.8, 4) is 16.9 Å². The fraction of sp³-hybridized carbons (Fsp3) is 0.300. The minimum absolute atomic E-state index is 0.528. The second-order valence-corrected chi connectivity index (χ2v) is 6.48. The SMILES string of the molecule is COc1ccc(-c2ccc(C)c3[nH]c4c(c23)CNC(C)C4)cc1. The molecule has 3 heteroatoms. The zero-order chi connectivity index (χ0) is 16.0. The number of benzene rings is 2. The molecule has 0 bridgehead atoms. The zero-order valence-corrected chi connectivity index (χ0v) is 13.9. The van der Waals surface area contributed by atoms with Gasteiger partial charge >= 0.3 is 0 Å². The number of fused-ring (bicyclic) bond motifs is 3. The maximum Gasteiger partial charge on any atom is 0.118 e. The number of methoxy groups -OCH3 is 1. The molecule has 3 aromatic rings. The third-order valence-electron chi connectivity index (χ3n) is 4.89. The van der Waals surface area contributed by atoms with Gasteiger partial charge in [-0.1, -0.05) is 24.3 Å². The summed E-state index contributed by atoms with van der Waals surface area (Å²) in [5.41, 5.74) is 7.92. The van der Waals surface area contributed by atoms with Crippen molar-refractivity contribution in [3.05, 3.63) is 53.2 Å².